The molecule has 4 aromatic rings. The minimum Gasteiger partial charge on any atom is -0.475 e. The normalized spacial score (nSPS) is 10.9. The second kappa shape index (κ2) is 12.2. The maximum Gasteiger partial charge on any atom is 0.490 e. The highest BCUT2D eigenvalue weighted by molar-refractivity contribution is 5.95. The van der Waals surface area contributed by atoms with Gasteiger partial charge in [0.1, 0.15) is 17.5 Å². The molecule has 0 saturated heterocycles. The van der Waals surface area contributed by atoms with E-state index in [1.807, 2.05) is 66.5 Å². The number of hydrogen-bond donors (Lipinski definition) is 3. The van der Waals surface area contributed by atoms with Gasteiger partial charge in [-0.1, -0.05) is 49.4 Å². The number of nitrogens with zero attached hydrogens (tertiary/aromatic N) is 4. The minimum atomic E-state index is -5.08. The smallest absolute Gasteiger partial charge is 0.475 e. The summed E-state index contributed by atoms with van der Waals surface area (Å²) in [6.07, 6.45) is -4.21. The van der Waals surface area contributed by atoms with Crippen LogP contribution in [0.15, 0.2) is 72.8 Å². The first kappa shape index (κ1) is 28.8. The second-order valence-electron chi connectivity index (χ2n) is 8.33. The predicted octanol–water partition coefficient (Wildman–Crippen LogP) is 5.44. The lowest BCUT2D eigenvalue weighted by atomic mass is 10.1. The Morgan fingerprint density at radius 1 is 1.08 bits per heavy atom. The Hall–Kier alpha value is -4.74. The number of nitrogens with two attached hydrogens (primary N) is 1. The standard InChI is InChI=1S/C25H25FN6.C2HF3O2/c1-3-17-8-7-11-20(14-17)32(22-13-12-19(24(27)28)15-21(22)26)16-23-29-25(30-31(23)2)18-9-5-4-6-10-18;3-2(4,5)1(6)7/h4-15H,3,16H2,1-2H3,(H3,27,28);(H,6,7). The number of halogens is 4. The molecule has 39 heavy (non-hydrogen) atoms. The lowest BCUT2D eigenvalue weighted by Crippen LogP contribution is -2.21. The highest BCUT2D eigenvalue weighted by Crippen LogP contribution is 2.31. The summed E-state index contributed by atoms with van der Waals surface area (Å²) in [5.74, 6) is -2.06. The van der Waals surface area contributed by atoms with Crippen LogP contribution < -0.4 is 10.6 Å². The molecule has 3 aromatic carbocycles. The largest absolute Gasteiger partial charge is 0.490 e. The first-order chi connectivity index (χ1) is 18.4. The van der Waals surface area contributed by atoms with E-state index < -0.39 is 18.0 Å². The van der Waals surface area contributed by atoms with E-state index in [0.29, 0.717) is 29.4 Å². The molecule has 0 saturated carbocycles. The summed E-state index contributed by atoms with van der Waals surface area (Å²) in [5, 5.41) is 19.3. The number of anilines is 2. The van der Waals surface area contributed by atoms with Gasteiger partial charge in [0.15, 0.2) is 5.82 Å². The van der Waals surface area contributed by atoms with Crippen LogP contribution in [-0.4, -0.2) is 37.9 Å². The monoisotopic (exact) mass is 542 g/mol. The van der Waals surface area contributed by atoms with Gasteiger partial charge >= 0.3 is 12.1 Å². The van der Waals surface area contributed by atoms with Crippen LogP contribution in [0.4, 0.5) is 28.9 Å². The Labute approximate surface area is 221 Å². The third kappa shape index (κ3) is 7.40. The first-order valence-electron chi connectivity index (χ1n) is 11.7. The van der Waals surface area contributed by atoms with Gasteiger partial charge in [-0.25, -0.2) is 14.2 Å². The number of alkyl halides is 3. The van der Waals surface area contributed by atoms with Crippen molar-refractivity contribution < 1.29 is 27.5 Å². The summed E-state index contributed by atoms with van der Waals surface area (Å²) < 4.78 is 48.6. The van der Waals surface area contributed by atoms with Crippen LogP contribution in [0.3, 0.4) is 0 Å². The fourth-order valence-corrected chi connectivity index (χ4v) is 3.56. The molecule has 0 fully saturated rings. The Kier molecular flexibility index (Phi) is 9.02. The van der Waals surface area contributed by atoms with Crippen molar-refractivity contribution >= 4 is 23.2 Å². The summed E-state index contributed by atoms with van der Waals surface area (Å²) in [4.78, 5) is 15.5. The molecular formula is C27H26F4N6O2. The molecule has 0 spiro atoms. The number of carboxylic acid groups (broad SMARTS) is 1. The molecular weight excluding hydrogens is 516 g/mol. The molecule has 0 aliphatic heterocycles. The lowest BCUT2D eigenvalue weighted by Gasteiger charge is -2.25. The topological polar surface area (TPSA) is 121 Å². The van der Waals surface area contributed by atoms with Crippen LogP contribution in [0.1, 0.15) is 23.9 Å². The third-order valence-corrected chi connectivity index (χ3v) is 5.61. The van der Waals surface area contributed by atoms with Crippen LogP contribution in [0.5, 0.6) is 0 Å². The number of aromatic nitrogens is 3. The van der Waals surface area contributed by atoms with Crippen molar-refractivity contribution in [3.63, 3.8) is 0 Å². The van der Waals surface area contributed by atoms with Crippen molar-refractivity contribution in [2.24, 2.45) is 12.8 Å². The zero-order chi connectivity index (χ0) is 28.7. The molecule has 0 unspecified atom stereocenters. The van der Waals surface area contributed by atoms with Gasteiger partial charge in [0.2, 0.25) is 0 Å². The van der Waals surface area contributed by atoms with Crippen LogP contribution in [-0.2, 0) is 24.8 Å². The zero-order valence-electron chi connectivity index (χ0n) is 21.1. The van der Waals surface area contributed by atoms with Gasteiger partial charge in [0.25, 0.3) is 0 Å². The molecule has 12 heteroatoms. The average Bonchev–Trinajstić information content (AvgIpc) is 3.27. The summed E-state index contributed by atoms with van der Waals surface area (Å²) in [5.41, 5.74) is 9.19. The van der Waals surface area contributed by atoms with Gasteiger partial charge in [-0.3, -0.25) is 10.1 Å². The molecule has 1 aromatic heterocycles. The fourth-order valence-electron chi connectivity index (χ4n) is 3.56. The minimum absolute atomic E-state index is 0.171. The number of nitrogen functional groups attached to an aromatic ring is 1. The average molecular weight is 543 g/mol. The van der Waals surface area contributed by atoms with E-state index >= 15 is 4.39 Å². The number of benzene rings is 3. The Morgan fingerprint density at radius 3 is 2.31 bits per heavy atom. The van der Waals surface area contributed by atoms with Gasteiger partial charge in [0.05, 0.1) is 12.2 Å². The van der Waals surface area contributed by atoms with E-state index in [1.165, 1.54) is 6.07 Å². The summed E-state index contributed by atoms with van der Waals surface area (Å²) in [6.45, 7) is 2.40. The fraction of sp³-hybridized carbons (Fsp3) is 0.185. The highest BCUT2D eigenvalue weighted by Gasteiger charge is 2.38. The Morgan fingerprint density at radius 2 is 1.74 bits per heavy atom. The lowest BCUT2D eigenvalue weighted by molar-refractivity contribution is -0.192. The molecule has 4 rings (SSSR count). The van der Waals surface area contributed by atoms with Crippen molar-refractivity contribution in [1.82, 2.24) is 14.8 Å². The van der Waals surface area contributed by atoms with E-state index in [4.69, 9.17) is 26.0 Å². The third-order valence-electron chi connectivity index (χ3n) is 5.61. The van der Waals surface area contributed by atoms with Crippen LogP contribution in [0.25, 0.3) is 11.4 Å². The van der Waals surface area contributed by atoms with Crippen LogP contribution in [0, 0.1) is 11.2 Å². The zero-order valence-corrected chi connectivity index (χ0v) is 21.1. The van der Waals surface area contributed by atoms with E-state index in [1.54, 1.807) is 16.8 Å². The summed E-state index contributed by atoms with van der Waals surface area (Å²) in [6, 6.07) is 22.4. The molecule has 8 nitrogen and oxygen atoms in total. The number of rotatable bonds is 7. The number of aryl methyl sites for hydroxylation is 2. The first-order valence-corrected chi connectivity index (χ1v) is 11.7. The molecule has 0 amide bonds. The molecule has 0 atom stereocenters. The molecule has 1 heterocycles. The highest BCUT2D eigenvalue weighted by atomic mass is 19.4. The Balaban J connectivity index is 0.000000532. The molecule has 0 radical (unpaired) electrons. The predicted molar refractivity (Wildman–Crippen MR) is 139 cm³/mol. The molecule has 204 valence electrons. The number of hydrogen-bond acceptors (Lipinski definition) is 5. The van der Waals surface area contributed by atoms with Gasteiger partial charge in [-0.05, 0) is 42.3 Å². The number of carbonyl (C=O) groups is 1. The van der Waals surface area contributed by atoms with E-state index in [2.05, 4.69) is 12.0 Å². The van der Waals surface area contributed by atoms with Gasteiger partial charge < -0.3 is 15.7 Å². The van der Waals surface area contributed by atoms with Gasteiger partial charge in [0, 0.05) is 23.9 Å². The number of aliphatic carboxylic acids is 1. The number of nitrogens with one attached hydrogen (secondary N) is 1. The molecule has 0 bridgehead atoms. The number of amidine groups is 1. The summed E-state index contributed by atoms with van der Waals surface area (Å²) in [7, 11) is 1.84. The second-order valence-corrected chi connectivity index (χ2v) is 8.33. The van der Waals surface area contributed by atoms with Crippen molar-refractivity contribution in [3.8, 4) is 11.4 Å². The summed E-state index contributed by atoms with van der Waals surface area (Å²) >= 11 is 0. The van der Waals surface area contributed by atoms with Crippen molar-refractivity contribution in [1.29, 1.82) is 5.41 Å². The van der Waals surface area contributed by atoms with Crippen LogP contribution >= 0.6 is 0 Å². The maximum absolute atomic E-state index is 15.2. The van der Waals surface area contributed by atoms with Gasteiger partial charge in [-0.15, -0.1) is 0 Å². The molecule has 0 aliphatic carbocycles. The van der Waals surface area contributed by atoms with Crippen molar-refractivity contribution in [3.05, 3.63) is 95.6 Å². The quantitative estimate of drug-likeness (QED) is 0.163. The SMILES string of the molecule is CCc1cccc(N(Cc2nc(-c3ccccc3)nn2C)c2ccc(C(=N)N)cc2F)c1.O=C(O)C(F)(F)F. The van der Waals surface area contributed by atoms with E-state index in [9.17, 15) is 13.2 Å². The molecule has 0 aliphatic rings. The Bertz CT molecular complexity index is 1450. The van der Waals surface area contributed by atoms with Crippen molar-refractivity contribution in [2.45, 2.75) is 26.1 Å². The van der Waals surface area contributed by atoms with Gasteiger partial charge in [-0.2, -0.15) is 18.3 Å². The van der Waals surface area contributed by atoms with E-state index in [-0.39, 0.29) is 5.84 Å². The van der Waals surface area contributed by atoms with E-state index in [0.717, 1.165) is 23.2 Å². The van der Waals surface area contributed by atoms with Crippen molar-refractivity contribution in [2.75, 3.05) is 4.90 Å². The molecule has 4 N–H and O–H groups in total. The maximum atomic E-state index is 15.2. The number of carboxylic acids is 1. The van der Waals surface area contributed by atoms with Crippen LogP contribution in [0.2, 0.25) is 0 Å².